The van der Waals surface area contributed by atoms with Gasteiger partial charge in [-0.05, 0) is 50.8 Å². The first-order valence-electron chi connectivity index (χ1n) is 7.47. The van der Waals surface area contributed by atoms with Crippen LogP contribution in [-0.2, 0) is 11.2 Å². The van der Waals surface area contributed by atoms with E-state index in [0.29, 0.717) is 31.8 Å². The monoisotopic (exact) mass is 296 g/mol. The molecular weight excluding hydrogens is 274 g/mol. The minimum Gasteiger partial charge on any atom is -0.341 e. The molecule has 1 aliphatic rings. The van der Waals surface area contributed by atoms with Gasteiger partial charge in [-0.15, -0.1) is 0 Å². The van der Waals surface area contributed by atoms with Crippen molar-refractivity contribution in [3.05, 3.63) is 35.4 Å². The predicted octanol–water partition coefficient (Wildman–Crippen LogP) is 2.36. The molecule has 0 saturated carbocycles. The molecule has 3 nitrogen and oxygen atoms in total. The SMILES string of the molecule is CNCC(=O)N1CCC[C@H](CCc2c(F)cccc2F)C1. The number of hydrogen-bond donors (Lipinski definition) is 1. The lowest BCUT2D eigenvalue weighted by molar-refractivity contribution is -0.132. The van der Waals surface area contributed by atoms with Crippen molar-refractivity contribution in [3.63, 3.8) is 0 Å². The third-order valence-corrected chi connectivity index (χ3v) is 4.06. The van der Waals surface area contributed by atoms with Gasteiger partial charge in [0.2, 0.25) is 5.91 Å². The smallest absolute Gasteiger partial charge is 0.236 e. The Morgan fingerprint density at radius 3 is 2.76 bits per heavy atom. The van der Waals surface area contributed by atoms with Crippen LogP contribution in [0.1, 0.15) is 24.8 Å². The van der Waals surface area contributed by atoms with Crippen LogP contribution in [-0.4, -0.2) is 37.5 Å². The van der Waals surface area contributed by atoms with Crippen LogP contribution >= 0.6 is 0 Å². The van der Waals surface area contributed by atoms with Crippen LogP contribution in [0.25, 0.3) is 0 Å². The van der Waals surface area contributed by atoms with Gasteiger partial charge >= 0.3 is 0 Å². The van der Waals surface area contributed by atoms with Gasteiger partial charge in [-0.1, -0.05) is 6.07 Å². The number of likely N-dealkylation sites (tertiary alicyclic amines) is 1. The lowest BCUT2D eigenvalue weighted by Gasteiger charge is -2.33. The first kappa shape index (κ1) is 15.9. The second-order valence-corrected chi connectivity index (χ2v) is 5.62. The molecule has 1 fully saturated rings. The number of rotatable bonds is 5. The van der Waals surface area contributed by atoms with Gasteiger partial charge in [-0.2, -0.15) is 0 Å². The van der Waals surface area contributed by atoms with Crippen LogP contribution in [0.3, 0.4) is 0 Å². The molecule has 0 aromatic heterocycles. The minimum atomic E-state index is -0.478. The van der Waals surface area contributed by atoms with Gasteiger partial charge in [0.15, 0.2) is 0 Å². The maximum atomic E-state index is 13.6. The second-order valence-electron chi connectivity index (χ2n) is 5.62. The van der Waals surface area contributed by atoms with E-state index in [9.17, 15) is 13.6 Å². The highest BCUT2D eigenvalue weighted by molar-refractivity contribution is 5.78. The minimum absolute atomic E-state index is 0.0965. The summed E-state index contributed by atoms with van der Waals surface area (Å²) < 4.78 is 27.2. The molecule has 0 radical (unpaired) electrons. The Bertz CT molecular complexity index is 473. The van der Waals surface area contributed by atoms with Gasteiger partial charge in [0, 0.05) is 18.7 Å². The molecule has 1 saturated heterocycles. The largest absolute Gasteiger partial charge is 0.341 e. The quantitative estimate of drug-likeness (QED) is 0.904. The van der Waals surface area contributed by atoms with Gasteiger partial charge in [-0.3, -0.25) is 4.79 Å². The molecular formula is C16H22F2N2O. The number of halogens is 2. The standard InChI is InChI=1S/C16H22F2N2O/c1-19-10-16(21)20-9-3-4-12(11-20)7-8-13-14(17)5-2-6-15(13)18/h2,5-6,12,19H,3-4,7-11H2,1H3/t12-/m1/s1. The number of hydrogen-bond acceptors (Lipinski definition) is 2. The lowest BCUT2D eigenvalue weighted by Crippen LogP contribution is -2.43. The van der Waals surface area contributed by atoms with Crippen molar-refractivity contribution in [3.8, 4) is 0 Å². The first-order chi connectivity index (χ1) is 10.1. The average molecular weight is 296 g/mol. The maximum Gasteiger partial charge on any atom is 0.236 e. The number of likely N-dealkylation sites (N-methyl/N-ethyl adjacent to an activating group) is 1. The van der Waals surface area contributed by atoms with E-state index in [4.69, 9.17) is 0 Å². The molecule has 1 aromatic carbocycles. The summed E-state index contributed by atoms with van der Waals surface area (Å²) in [7, 11) is 1.75. The molecule has 0 spiro atoms. The number of benzene rings is 1. The number of piperidine rings is 1. The normalized spacial score (nSPS) is 18.8. The topological polar surface area (TPSA) is 32.3 Å². The number of amides is 1. The predicted molar refractivity (Wildman–Crippen MR) is 77.9 cm³/mol. The molecule has 5 heteroatoms. The van der Waals surface area contributed by atoms with E-state index in [0.717, 1.165) is 19.4 Å². The number of nitrogens with zero attached hydrogens (tertiary/aromatic N) is 1. The lowest BCUT2D eigenvalue weighted by atomic mass is 9.91. The highest BCUT2D eigenvalue weighted by Gasteiger charge is 2.23. The van der Waals surface area contributed by atoms with Crippen molar-refractivity contribution >= 4 is 5.91 Å². The molecule has 1 aliphatic heterocycles. The van der Waals surface area contributed by atoms with Gasteiger partial charge in [0.1, 0.15) is 11.6 Å². The molecule has 1 heterocycles. The fourth-order valence-electron chi connectivity index (χ4n) is 2.91. The van der Waals surface area contributed by atoms with E-state index in [1.165, 1.54) is 18.2 Å². The summed E-state index contributed by atoms with van der Waals surface area (Å²) in [6.45, 7) is 1.82. The van der Waals surface area contributed by atoms with Gasteiger partial charge in [0.25, 0.3) is 0 Å². The van der Waals surface area contributed by atoms with E-state index in [1.807, 2.05) is 4.90 Å². The molecule has 1 atom stereocenters. The Morgan fingerprint density at radius 2 is 2.10 bits per heavy atom. The van der Waals surface area contributed by atoms with E-state index in [1.54, 1.807) is 7.05 Å². The summed E-state index contributed by atoms with van der Waals surface area (Å²) in [6, 6.07) is 3.97. The summed E-state index contributed by atoms with van der Waals surface area (Å²) >= 11 is 0. The zero-order chi connectivity index (χ0) is 15.2. The van der Waals surface area contributed by atoms with Crippen molar-refractivity contribution in [2.24, 2.45) is 5.92 Å². The van der Waals surface area contributed by atoms with Crippen molar-refractivity contribution in [2.45, 2.75) is 25.7 Å². The van der Waals surface area contributed by atoms with Crippen LogP contribution in [0.4, 0.5) is 8.78 Å². The highest BCUT2D eigenvalue weighted by atomic mass is 19.1. The second kappa shape index (κ2) is 7.50. The Labute approximate surface area is 124 Å². The fourth-order valence-corrected chi connectivity index (χ4v) is 2.91. The Kier molecular flexibility index (Phi) is 5.67. The van der Waals surface area contributed by atoms with Crippen LogP contribution in [0.5, 0.6) is 0 Å². The van der Waals surface area contributed by atoms with Crippen molar-refractivity contribution in [2.75, 3.05) is 26.7 Å². The summed E-state index contributed by atoms with van der Waals surface area (Å²) in [6.07, 6.45) is 3.07. The van der Waals surface area contributed by atoms with E-state index >= 15 is 0 Å². The molecule has 1 N–H and O–H groups in total. The van der Waals surface area contributed by atoms with Gasteiger partial charge < -0.3 is 10.2 Å². The molecule has 1 amide bonds. The molecule has 0 unspecified atom stereocenters. The molecule has 21 heavy (non-hydrogen) atoms. The van der Waals surface area contributed by atoms with E-state index in [-0.39, 0.29) is 11.5 Å². The van der Waals surface area contributed by atoms with Crippen LogP contribution < -0.4 is 5.32 Å². The summed E-state index contributed by atoms with van der Waals surface area (Å²) in [5, 5.41) is 2.86. The van der Waals surface area contributed by atoms with Gasteiger partial charge in [-0.25, -0.2) is 8.78 Å². The zero-order valence-electron chi connectivity index (χ0n) is 12.4. The number of nitrogens with one attached hydrogen (secondary N) is 1. The fraction of sp³-hybridized carbons (Fsp3) is 0.562. The molecule has 1 aromatic rings. The molecule has 2 rings (SSSR count). The van der Waals surface area contributed by atoms with Crippen LogP contribution in [0, 0.1) is 17.6 Å². The summed E-state index contributed by atoms with van der Waals surface area (Å²) in [5.74, 6) is -0.541. The van der Waals surface area contributed by atoms with E-state index in [2.05, 4.69) is 5.32 Å². The van der Waals surface area contributed by atoms with Crippen LogP contribution in [0.2, 0.25) is 0 Å². The number of carbonyl (C=O) groups excluding carboxylic acids is 1. The van der Waals surface area contributed by atoms with Crippen molar-refractivity contribution in [1.29, 1.82) is 0 Å². The molecule has 116 valence electrons. The third kappa shape index (κ3) is 4.24. The summed E-state index contributed by atoms with van der Waals surface area (Å²) in [4.78, 5) is 13.7. The van der Waals surface area contributed by atoms with Crippen molar-refractivity contribution < 1.29 is 13.6 Å². The van der Waals surface area contributed by atoms with Gasteiger partial charge in [0.05, 0.1) is 6.54 Å². The Morgan fingerprint density at radius 1 is 1.38 bits per heavy atom. The molecule has 0 bridgehead atoms. The average Bonchev–Trinajstić information content (AvgIpc) is 2.47. The van der Waals surface area contributed by atoms with Crippen LogP contribution in [0.15, 0.2) is 18.2 Å². The highest BCUT2D eigenvalue weighted by Crippen LogP contribution is 2.23. The number of carbonyl (C=O) groups is 1. The first-order valence-corrected chi connectivity index (χ1v) is 7.47. The Balaban J connectivity index is 1.90. The van der Waals surface area contributed by atoms with Crippen molar-refractivity contribution in [1.82, 2.24) is 10.2 Å². The maximum absolute atomic E-state index is 13.6. The molecule has 0 aliphatic carbocycles. The third-order valence-electron chi connectivity index (χ3n) is 4.06. The zero-order valence-corrected chi connectivity index (χ0v) is 12.4. The van der Waals surface area contributed by atoms with E-state index < -0.39 is 11.6 Å². The Hall–Kier alpha value is -1.49. The summed E-state index contributed by atoms with van der Waals surface area (Å²) in [5.41, 5.74) is 0.163.